The molecule has 0 unspecified atom stereocenters. The van der Waals surface area contributed by atoms with Crippen molar-refractivity contribution in [1.29, 1.82) is 0 Å². The van der Waals surface area contributed by atoms with Gasteiger partial charge in [0.15, 0.2) is 0 Å². The zero-order chi connectivity index (χ0) is 15.4. The molecule has 0 saturated heterocycles. The SMILES string of the molecule is COCc1cccc(Oc2nnc(C)c(C)c2C(=O)O)c1. The van der Waals surface area contributed by atoms with Crippen molar-refractivity contribution in [3.05, 3.63) is 46.6 Å². The van der Waals surface area contributed by atoms with E-state index in [0.29, 0.717) is 23.6 Å². The van der Waals surface area contributed by atoms with E-state index in [1.165, 1.54) is 0 Å². The van der Waals surface area contributed by atoms with Gasteiger partial charge in [0.1, 0.15) is 11.3 Å². The fourth-order valence-corrected chi connectivity index (χ4v) is 1.89. The molecular weight excluding hydrogens is 272 g/mol. The van der Waals surface area contributed by atoms with E-state index in [1.807, 2.05) is 6.07 Å². The summed E-state index contributed by atoms with van der Waals surface area (Å²) in [5, 5.41) is 17.1. The van der Waals surface area contributed by atoms with Crippen LogP contribution in [0.25, 0.3) is 0 Å². The molecule has 0 bridgehead atoms. The van der Waals surface area contributed by atoms with Crippen molar-refractivity contribution < 1.29 is 19.4 Å². The maximum atomic E-state index is 11.4. The molecule has 0 aliphatic carbocycles. The monoisotopic (exact) mass is 288 g/mol. The van der Waals surface area contributed by atoms with Crippen LogP contribution in [-0.2, 0) is 11.3 Å². The number of hydrogen-bond donors (Lipinski definition) is 1. The second kappa shape index (κ2) is 6.32. The molecule has 2 rings (SSSR count). The highest BCUT2D eigenvalue weighted by Crippen LogP contribution is 2.26. The van der Waals surface area contributed by atoms with Gasteiger partial charge >= 0.3 is 5.97 Å². The molecule has 110 valence electrons. The summed E-state index contributed by atoms with van der Waals surface area (Å²) in [4.78, 5) is 11.4. The number of carbonyl (C=O) groups is 1. The van der Waals surface area contributed by atoms with Crippen molar-refractivity contribution in [2.75, 3.05) is 7.11 Å². The van der Waals surface area contributed by atoms with Gasteiger partial charge in [-0.2, -0.15) is 5.10 Å². The minimum atomic E-state index is -1.09. The summed E-state index contributed by atoms with van der Waals surface area (Å²) in [6.07, 6.45) is 0. The highest BCUT2D eigenvalue weighted by molar-refractivity contribution is 5.92. The summed E-state index contributed by atoms with van der Waals surface area (Å²) in [5.74, 6) is -0.613. The maximum Gasteiger partial charge on any atom is 0.341 e. The van der Waals surface area contributed by atoms with Crippen LogP contribution in [0.3, 0.4) is 0 Å². The predicted molar refractivity (Wildman–Crippen MR) is 75.7 cm³/mol. The third kappa shape index (κ3) is 3.35. The number of benzene rings is 1. The summed E-state index contributed by atoms with van der Waals surface area (Å²) in [7, 11) is 1.60. The minimum Gasteiger partial charge on any atom is -0.477 e. The van der Waals surface area contributed by atoms with Crippen molar-refractivity contribution in [3.8, 4) is 11.6 Å². The minimum absolute atomic E-state index is 0.0137. The number of nitrogens with zero attached hydrogens (tertiary/aromatic N) is 2. The number of rotatable bonds is 5. The summed E-state index contributed by atoms with van der Waals surface area (Å²) in [6, 6.07) is 7.19. The highest BCUT2D eigenvalue weighted by Gasteiger charge is 2.19. The van der Waals surface area contributed by atoms with E-state index in [9.17, 15) is 9.90 Å². The molecule has 0 radical (unpaired) electrons. The van der Waals surface area contributed by atoms with Crippen LogP contribution in [0.2, 0.25) is 0 Å². The van der Waals surface area contributed by atoms with E-state index >= 15 is 0 Å². The summed E-state index contributed by atoms with van der Waals surface area (Å²) >= 11 is 0. The van der Waals surface area contributed by atoms with Crippen LogP contribution in [0.15, 0.2) is 24.3 Å². The average molecular weight is 288 g/mol. The van der Waals surface area contributed by atoms with Gasteiger partial charge in [-0.15, -0.1) is 5.10 Å². The van der Waals surface area contributed by atoms with E-state index < -0.39 is 5.97 Å². The molecule has 1 aromatic carbocycles. The van der Waals surface area contributed by atoms with E-state index in [2.05, 4.69) is 10.2 Å². The Morgan fingerprint density at radius 1 is 1.29 bits per heavy atom. The Labute approximate surface area is 122 Å². The second-order valence-corrected chi connectivity index (χ2v) is 4.58. The number of carboxylic acids is 1. The summed E-state index contributed by atoms with van der Waals surface area (Å²) in [5.41, 5.74) is 2.05. The highest BCUT2D eigenvalue weighted by atomic mass is 16.5. The zero-order valence-electron chi connectivity index (χ0n) is 12.1. The Morgan fingerprint density at radius 3 is 2.71 bits per heavy atom. The quantitative estimate of drug-likeness (QED) is 0.911. The lowest BCUT2D eigenvalue weighted by atomic mass is 10.1. The van der Waals surface area contributed by atoms with E-state index in [4.69, 9.17) is 9.47 Å². The third-order valence-electron chi connectivity index (χ3n) is 3.06. The van der Waals surface area contributed by atoms with Gasteiger partial charge in [-0.1, -0.05) is 12.1 Å². The fraction of sp³-hybridized carbons (Fsp3) is 0.267. The van der Waals surface area contributed by atoms with Gasteiger partial charge < -0.3 is 14.6 Å². The molecule has 2 aromatic rings. The molecule has 6 heteroatoms. The van der Waals surface area contributed by atoms with Crippen LogP contribution in [0.4, 0.5) is 0 Å². The van der Waals surface area contributed by atoms with Crippen LogP contribution in [-0.4, -0.2) is 28.4 Å². The molecule has 0 atom stereocenters. The number of aromatic nitrogens is 2. The number of ether oxygens (including phenoxy) is 2. The molecule has 0 aliphatic heterocycles. The van der Waals surface area contributed by atoms with E-state index in [-0.39, 0.29) is 11.4 Å². The molecule has 0 aliphatic rings. The molecule has 0 fully saturated rings. The largest absolute Gasteiger partial charge is 0.477 e. The number of hydrogen-bond acceptors (Lipinski definition) is 5. The van der Waals surface area contributed by atoms with Crippen LogP contribution in [0.1, 0.15) is 27.2 Å². The Hall–Kier alpha value is -2.47. The number of carboxylic acid groups (broad SMARTS) is 1. The van der Waals surface area contributed by atoms with Gasteiger partial charge in [0.05, 0.1) is 12.3 Å². The van der Waals surface area contributed by atoms with Crippen LogP contribution in [0, 0.1) is 13.8 Å². The molecule has 1 heterocycles. The summed E-state index contributed by atoms with van der Waals surface area (Å²) in [6.45, 7) is 3.83. The first-order valence-corrected chi connectivity index (χ1v) is 6.36. The van der Waals surface area contributed by atoms with Crippen LogP contribution in [0.5, 0.6) is 11.6 Å². The molecule has 1 aromatic heterocycles. The van der Waals surface area contributed by atoms with E-state index in [0.717, 1.165) is 5.56 Å². The van der Waals surface area contributed by atoms with Gasteiger partial charge in [-0.05, 0) is 37.1 Å². The lowest BCUT2D eigenvalue weighted by Gasteiger charge is -2.11. The van der Waals surface area contributed by atoms with E-state index in [1.54, 1.807) is 39.2 Å². The first kappa shape index (κ1) is 14.9. The first-order valence-electron chi connectivity index (χ1n) is 6.36. The van der Waals surface area contributed by atoms with Crippen molar-refractivity contribution in [1.82, 2.24) is 10.2 Å². The smallest absolute Gasteiger partial charge is 0.341 e. The van der Waals surface area contributed by atoms with Crippen molar-refractivity contribution in [2.24, 2.45) is 0 Å². The van der Waals surface area contributed by atoms with Gasteiger partial charge in [-0.25, -0.2) is 4.79 Å². The topological polar surface area (TPSA) is 81.5 Å². The Bertz CT molecular complexity index is 671. The second-order valence-electron chi connectivity index (χ2n) is 4.58. The molecule has 1 N–H and O–H groups in total. The molecule has 0 spiro atoms. The number of aromatic carboxylic acids is 1. The van der Waals surface area contributed by atoms with Crippen LogP contribution < -0.4 is 4.74 Å². The number of methoxy groups -OCH3 is 1. The Balaban J connectivity index is 2.37. The zero-order valence-corrected chi connectivity index (χ0v) is 12.1. The molecule has 0 saturated carbocycles. The lowest BCUT2D eigenvalue weighted by molar-refractivity contribution is 0.0692. The van der Waals surface area contributed by atoms with Crippen molar-refractivity contribution in [3.63, 3.8) is 0 Å². The Morgan fingerprint density at radius 2 is 2.05 bits per heavy atom. The van der Waals surface area contributed by atoms with Crippen molar-refractivity contribution in [2.45, 2.75) is 20.5 Å². The molecular formula is C15H16N2O4. The van der Waals surface area contributed by atoms with Crippen molar-refractivity contribution >= 4 is 5.97 Å². The standard InChI is InChI=1S/C15H16N2O4/c1-9-10(2)16-17-14(13(9)15(18)19)21-12-6-4-5-11(7-12)8-20-3/h4-7H,8H2,1-3H3,(H,18,19). The fourth-order valence-electron chi connectivity index (χ4n) is 1.89. The predicted octanol–water partition coefficient (Wildman–Crippen LogP) is 2.73. The number of aryl methyl sites for hydroxylation is 1. The lowest BCUT2D eigenvalue weighted by Crippen LogP contribution is -2.08. The van der Waals surface area contributed by atoms with Gasteiger partial charge in [0, 0.05) is 7.11 Å². The van der Waals surface area contributed by atoms with Gasteiger partial charge in [0.25, 0.3) is 5.88 Å². The first-order chi connectivity index (χ1) is 10.0. The van der Waals surface area contributed by atoms with Gasteiger partial charge in [0.2, 0.25) is 0 Å². The summed E-state index contributed by atoms with van der Waals surface area (Å²) < 4.78 is 10.6. The molecule has 0 amide bonds. The van der Waals surface area contributed by atoms with Crippen LogP contribution >= 0.6 is 0 Å². The Kier molecular flexibility index (Phi) is 4.49. The average Bonchev–Trinajstić information content (AvgIpc) is 2.43. The maximum absolute atomic E-state index is 11.4. The van der Waals surface area contributed by atoms with Gasteiger partial charge in [-0.3, -0.25) is 0 Å². The normalized spacial score (nSPS) is 10.4. The molecule has 21 heavy (non-hydrogen) atoms. The third-order valence-corrected chi connectivity index (χ3v) is 3.06. The molecule has 6 nitrogen and oxygen atoms in total.